The van der Waals surface area contributed by atoms with E-state index >= 15 is 0 Å². The summed E-state index contributed by atoms with van der Waals surface area (Å²) >= 11 is 5.75. The summed E-state index contributed by atoms with van der Waals surface area (Å²) in [5, 5.41) is 4.14. The molecule has 2 nitrogen and oxygen atoms in total. The highest BCUT2D eigenvalue weighted by atomic mass is 35.5. The molecule has 68 valence electrons. The predicted molar refractivity (Wildman–Crippen MR) is 51.7 cm³/mol. The molecule has 13 heavy (non-hydrogen) atoms. The first kappa shape index (κ1) is 7.77. The van der Waals surface area contributed by atoms with E-state index < -0.39 is 0 Å². The summed E-state index contributed by atoms with van der Waals surface area (Å²) in [7, 11) is 0. The highest BCUT2D eigenvalue weighted by Gasteiger charge is 2.51. The minimum atomic E-state index is 0.252. The number of halogens is 1. The van der Waals surface area contributed by atoms with Gasteiger partial charge in [0.25, 0.3) is 0 Å². The van der Waals surface area contributed by atoms with Crippen molar-refractivity contribution in [2.24, 2.45) is 5.92 Å². The van der Waals surface area contributed by atoms with E-state index in [9.17, 15) is 0 Å². The first-order valence-corrected chi connectivity index (χ1v) is 5.03. The Morgan fingerprint density at radius 3 is 2.85 bits per heavy atom. The van der Waals surface area contributed by atoms with Crippen molar-refractivity contribution in [1.82, 2.24) is 10.3 Å². The van der Waals surface area contributed by atoms with Gasteiger partial charge in [0.15, 0.2) is 0 Å². The third-order valence-corrected chi connectivity index (χ3v) is 3.51. The molecule has 4 rings (SSSR count). The molecule has 3 aliphatic rings. The van der Waals surface area contributed by atoms with Gasteiger partial charge < -0.3 is 5.32 Å². The van der Waals surface area contributed by atoms with E-state index in [1.165, 1.54) is 24.9 Å². The zero-order valence-electron chi connectivity index (χ0n) is 7.26. The lowest BCUT2D eigenvalue weighted by Crippen LogP contribution is -2.39. The number of hydrogen-bond donors (Lipinski definition) is 1. The summed E-state index contributed by atoms with van der Waals surface area (Å²) in [5.41, 5.74) is 1.55. The average Bonchev–Trinajstić information content (AvgIpc) is 2.63. The largest absolute Gasteiger partial charge is 0.307 e. The Labute approximate surface area is 82.3 Å². The van der Waals surface area contributed by atoms with Gasteiger partial charge in [0, 0.05) is 11.7 Å². The van der Waals surface area contributed by atoms with Crippen LogP contribution in [0.5, 0.6) is 0 Å². The quantitative estimate of drug-likeness (QED) is 0.692. The molecule has 0 amide bonds. The molecule has 0 atom stereocenters. The number of nitrogens with zero attached hydrogens (tertiary/aromatic N) is 1. The van der Waals surface area contributed by atoms with Crippen LogP contribution in [0.1, 0.15) is 18.4 Å². The van der Waals surface area contributed by atoms with Crippen molar-refractivity contribution >= 4 is 11.6 Å². The van der Waals surface area contributed by atoms with Crippen LogP contribution < -0.4 is 5.32 Å². The van der Waals surface area contributed by atoms with Crippen molar-refractivity contribution < 1.29 is 0 Å². The molecule has 2 aliphatic heterocycles. The van der Waals surface area contributed by atoms with E-state index in [4.69, 9.17) is 11.6 Å². The van der Waals surface area contributed by atoms with Gasteiger partial charge in [0.05, 0.1) is 0 Å². The Kier molecular flexibility index (Phi) is 1.47. The minimum absolute atomic E-state index is 0.252. The van der Waals surface area contributed by atoms with Crippen molar-refractivity contribution in [2.75, 3.05) is 6.54 Å². The molecule has 3 heteroatoms. The van der Waals surface area contributed by atoms with Gasteiger partial charge >= 0.3 is 0 Å². The minimum Gasteiger partial charge on any atom is -0.307 e. The van der Waals surface area contributed by atoms with E-state index in [-0.39, 0.29) is 5.54 Å². The summed E-state index contributed by atoms with van der Waals surface area (Å²) in [6, 6.07) is 3.96. The Bertz CT molecular complexity index is 322. The highest BCUT2D eigenvalue weighted by molar-refractivity contribution is 6.29. The molecule has 3 fully saturated rings. The highest BCUT2D eigenvalue weighted by Crippen LogP contribution is 2.50. The van der Waals surface area contributed by atoms with Crippen LogP contribution >= 0.6 is 11.6 Å². The van der Waals surface area contributed by atoms with E-state index in [0.717, 1.165) is 5.92 Å². The Morgan fingerprint density at radius 2 is 2.31 bits per heavy atom. The lowest BCUT2D eigenvalue weighted by atomic mass is 9.70. The number of hydrogen-bond acceptors (Lipinski definition) is 2. The summed E-state index contributed by atoms with van der Waals surface area (Å²) < 4.78 is 0. The third kappa shape index (κ3) is 1.02. The second-order valence-electron chi connectivity index (χ2n) is 4.11. The topological polar surface area (TPSA) is 24.9 Å². The molecular weight excluding hydrogens is 184 g/mol. The van der Waals surface area contributed by atoms with E-state index in [1.54, 1.807) is 0 Å². The normalized spacial score (nSPS) is 35.9. The molecule has 0 aromatic carbocycles. The van der Waals surface area contributed by atoms with E-state index in [1.807, 2.05) is 12.3 Å². The van der Waals surface area contributed by atoms with Crippen LogP contribution in [0.3, 0.4) is 0 Å². The lowest BCUT2D eigenvalue weighted by molar-refractivity contribution is 0.229. The predicted octanol–water partition coefficient (Wildman–Crippen LogP) is 1.94. The van der Waals surface area contributed by atoms with E-state index in [0.29, 0.717) is 5.15 Å². The van der Waals surface area contributed by atoms with Gasteiger partial charge in [0.1, 0.15) is 5.15 Å². The van der Waals surface area contributed by atoms with Crippen LogP contribution in [-0.4, -0.2) is 11.5 Å². The molecule has 0 spiro atoms. The Balaban J connectivity index is 1.96. The van der Waals surface area contributed by atoms with Crippen molar-refractivity contribution in [1.29, 1.82) is 0 Å². The SMILES string of the molecule is Clc1ccc(C23CC(CN2)C3)cn1. The number of fused-ring (bicyclic) bond motifs is 1. The molecule has 1 aromatic rings. The molecule has 1 saturated carbocycles. The third-order valence-electron chi connectivity index (χ3n) is 3.28. The average molecular weight is 195 g/mol. The number of pyridine rings is 1. The number of nitrogens with one attached hydrogen (secondary N) is 1. The van der Waals surface area contributed by atoms with Crippen molar-refractivity contribution in [2.45, 2.75) is 18.4 Å². The van der Waals surface area contributed by atoms with Gasteiger partial charge in [-0.1, -0.05) is 17.7 Å². The standard InChI is InChI=1S/C10H11ClN2/c11-9-2-1-8(6-12-9)10-3-7(4-10)5-13-10/h1-2,6-7,13H,3-5H2. The van der Waals surface area contributed by atoms with Gasteiger partial charge in [-0.05, 0) is 36.9 Å². The van der Waals surface area contributed by atoms with Crippen LogP contribution in [0.15, 0.2) is 18.3 Å². The second-order valence-corrected chi connectivity index (χ2v) is 4.49. The monoisotopic (exact) mass is 194 g/mol. The van der Waals surface area contributed by atoms with Gasteiger partial charge in [-0.25, -0.2) is 4.98 Å². The van der Waals surface area contributed by atoms with Crippen LogP contribution in [0, 0.1) is 5.92 Å². The molecule has 2 bridgehead atoms. The van der Waals surface area contributed by atoms with Gasteiger partial charge in [0.2, 0.25) is 0 Å². The maximum Gasteiger partial charge on any atom is 0.129 e. The molecule has 0 unspecified atom stereocenters. The second kappa shape index (κ2) is 2.46. The van der Waals surface area contributed by atoms with Crippen molar-refractivity contribution in [3.05, 3.63) is 29.0 Å². The first-order valence-electron chi connectivity index (χ1n) is 4.66. The summed E-state index contributed by atoms with van der Waals surface area (Å²) in [6.07, 6.45) is 4.45. The summed E-state index contributed by atoms with van der Waals surface area (Å²) in [6.45, 7) is 1.17. The smallest absolute Gasteiger partial charge is 0.129 e. The lowest BCUT2D eigenvalue weighted by Gasteiger charge is -2.37. The molecule has 1 aliphatic carbocycles. The fraction of sp³-hybridized carbons (Fsp3) is 0.500. The number of aromatic nitrogens is 1. The molecule has 3 heterocycles. The fourth-order valence-corrected chi connectivity index (χ4v) is 2.66. The zero-order chi connectivity index (χ0) is 8.89. The van der Waals surface area contributed by atoms with Gasteiger partial charge in [-0.15, -0.1) is 0 Å². The van der Waals surface area contributed by atoms with Crippen LogP contribution in [0.4, 0.5) is 0 Å². The summed E-state index contributed by atoms with van der Waals surface area (Å²) in [4.78, 5) is 4.12. The van der Waals surface area contributed by atoms with Crippen molar-refractivity contribution in [3.8, 4) is 0 Å². The molecule has 1 aromatic heterocycles. The Hall–Kier alpha value is -0.600. The molecule has 0 radical (unpaired) electrons. The van der Waals surface area contributed by atoms with Crippen LogP contribution in [0.25, 0.3) is 0 Å². The fourth-order valence-electron chi connectivity index (χ4n) is 2.55. The van der Waals surface area contributed by atoms with Gasteiger partial charge in [-0.2, -0.15) is 0 Å². The molecule has 1 N–H and O–H groups in total. The maximum absolute atomic E-state index is 5.75. The Morgan fingerprint density at radius 1 is 1.46 bits per heavy atom. The number of rotatable bonds is 1. The first-order chi connectivity index (χ1) is 6.28. The van der Waals surface area contributed by atoms with E-state index in [2.05, 4.69) is 16.4 Å². The molecule has 2 saturated heterocycles. The summed E-state index contributed by atoms with van der Waals surface area (Å²) in [5.74, 6) is 0.899. The maximum atomic E-state index is 5.75. The zero-order valence-corrected chi connectivity index (χ0v) is 8.01. The van der Waals surface area contributed by atoms with Gasteiger partial charge in [-0.3, -0.25) is 0 Å². The van der Waals surface area contributed by atoms with Crippen molar-refractivity contribution in [3.63, 3.8) is 0 Å². The van der Waals surface area contributed by atoms with Crippen LogP contribution in [0.2, 0.25) is 5.15 Å². The van der Waals surface area contributed by atoms with Crippen LogP contribution in [-0.2, 0) is 5.54 Å². The molecular formula is C10H11ClN2.